The van der Waals surface area contributed by atoms with Crippen LogP contribution in [0, 0.1) is 0 Å². The first-order valence-corrected chi connectivity index (χ1v) is 22.8. The first kappa shape index (κ1) is 53.4. The summed E-state index contributed by atoms with van der Waals surface area (Å²) < 4.78 is 33.3. The summed E-state index contributed by atoms with van der Waals surface area (Å²) in [6, 6.07) is 0. The molecule has 2 aliphatic heterocycles. The lowest BCUT2D eigenvalue weighted by atomic mass is 9.98. The van der Waals surface area contributed by atoms with Crippen molar-refractivity contribution < 1.29 is 73.8 Å². The highest BCUT2D eigenvalue weighted by Crippen LogP contribution is 2.26. The van der Waals surface area contributed by atoms with Gasteiger partial charge in [0.25, 0.3) is 0 Å². The van der Waals surface area contributed by atoms with E-state index in [4.69, 9.17) is 28.4 Å². The summed E-state index contributed by atoms with van der Waals surface area (Å²) in [5.74, 6) is -0.941. The molecule has 2 heterocycles. The van der Waals surface area contributed by atoms with Gasteiger partial charge in [-0.15, -0.1) is 0 Å². The Labute approximate surface area is 352 Å². The number of carbonyl (C=O) groups excluding carboxylic acids is 2. The number of hydrogen-bond acceptors (Lipinski definition) is 15. The topological polar surface area (TPSA) is 231 Å². The van der Waals surface area contributed by atoms with Crippen molar-refractivity contribution in [1.82, 2.24) is 0 Å². The molecule has 15 heteroatoms. The second-order valence-corrected chi connectivity index (χ2v) is 16.2. The number of hydrogen-bond donors (Lipinski definition) is 7. The minimum atomic E-state index is -1.76. The van der Waals surface area contributed by atoms with Crippen LogP contribution in [0.25, 0.3) is 0 Å². The van der Waals surface area contributed by atoms with Gasteiger partial charge in [-0.1, -0.05) is 122 Å². The Morgan fingerprint density at radius 2 is 0.966 bits per heavy atom. The zero-order chi connectivity index (χ0) is 43.3. The maximum absolute atomic E-state index is 12.9. The fourth-order valence-electron chi connectivity index (χ4n) is 7.15. The zero-order valence-electron chi connectivity index (χ0n) is 36.0. The summed E-state index contributed by atoms with van der Waals surface area (Å²) in [5.41, 5.74) is 0. The van der Waals surface area contributed by atoms with Crippen molar-refractivity contribution in [1.29, 1.82) is 0 Å². The van der Waals surface area contributed by atoms with Gasteiger partial charge in [-0.3, -0.25) is 9.59 Å². The predicted octanol–water partition coefficient (Wildman–Crippen LogP) is 4.65. The van der Waals surface area contributed by atoms with Gasteiger partial charge in [0.2, 0.25) is 0 Å². The second-order valence-electron chi connectivity index (χ2n) is 16.2. The molecule has 59 heavy (non-hydrogen) atoms. The minimum Gasteiger partial charge on any atom is -0.462 e. The SMILES string of the molecule is CCCCCCCCC/C=C\CCCCCCCCCC(=O)OC(COC(=O)CCCCCCC)COC1OC(COC2OC(CO)C(O)C(O)C2O)C(O)C(O)C1O. The van der Waals surface area contributed by atoms with Gasteiger partial charge in [-0.2, -0.15) is 0 Å². The third-order valence-corrected chi connectivity index (χ3v) is 11.0. The van der Waals surface area contributed by atoms with Crippen LogP contribution in [-0.2, 0) is 38.0 Å². The summed E-state index contributed by atoms with van der Waals surface area (Å²) in [7, 11) is 0. The fourth-order valence-corrected chi connectivity index (χ4v) is 7.15. The van der Waals surface area contributed by atoms with Gasteiger partial charge in [-0.05, 0) is 38.5 Å². The van der Waals surface area contributed by atoms with E-state index in [9.17, 15) is 45.3 Å². The van der Waals surface area contributed by atoms with Gasteiger partial charge in [-0.25, -0.2) is 0 Å². The largest absolute Gasteiger partial charge is 0.462 e. The molecule has 7 N–H and O–H groups in total. The van der Waals surface area contributed by atoms with E-state index in [1.165, 1.54) is 64.2 Å². The van der Waals surface area contributed by atoms with Crippen LogP contribution in [-0.4, -0.2) is 142 Å². The van der Waals surface area contributed by atoms with Crippen molar-refractivity contribution >= 4 is 11.9 Å². The molecule has 0 spiro atoms. The van der Waals surface area contributed by atoms with E-state index in [0.717, 1.165) is 57.8 Å². The van der Waals surface area contributed by atoms with Gasteiger partial charge in [0.1, 0.15) is 55.4 Å². The minimum absolute atomic E-state index is 0.163. The van der Waals surface area contributed by atoms with Crippen LogP contribution in [0.15, 0.2) is 12.2 Å². The molecule has 2 fully saturated rings. The predicted molar refractivity (Wildman–Crippen MR) is 220 cm³/mol. The Morgan fingerprint density at radius 1 is 0.525 bits per heavy atom. The average molecular weight is 849 g/mol. The van der Waals surface area contributed by atoms with Crippen molar-refractivity contribution in [3.63, 3.8) is 0 Å². The van der Waals surface area contributed by atoms with Crippen LogP contribution < -0.4 is 0 Å². The number of esters is 2. The fraction of sp³-hybridized carbons (Fsp3) is 0.909. The lowest BCUT2D eigenvalue weighted by molar-refractivity contribution is -0.332. The number of carbonyl (C=O) groups is 2. The van der Waals surface area contributed by atoms with Crippen molar-refractivity contribution in [2.45, 2.75) is 229 Å². The van der Waals surface area contributed by atoms with Crippen LogP contribution in [0.5, 0.6) is 0 Å². The molecular formula is C44H80O15. The molecular weight excluding hydrogens is 768 g/mol. The van der Waals surface area contributed by atoms with Gasteiger partial charge in [0.15, 0.2) is 18.7 Å². The van der Waals surface area contributed by atoms with E-state index in [-0.39, 0.29) is 26.1 Å². The normalized spacial score (nSPS) is 27.9. The van der Waals surface area contributed by atoms with Crippen LogP contribution in [0.1, 0.15) is 162 Å². The molecule has 2 aliphatic rings. The molecule has 2 rings (SSSR count). The molecule has 15 nitrogen and oxygen atoms in total. The number of allylic oxidation sites excluding steroid dienone is 2. The van der Waals surface area contributed by atoms with E-state index < -0.39 is 92.7 Å². The molecule has 0 aromatic heterocycles. The van der Waals surface area contributed by atoms with E-state index >= 15 is 0 Å². The van der Waals surface area contributed by atoms with Crippen LogP contribution in [0.4, 0.5) is 0 Å². The lowest BCUT2D eigenvalue weighted by Crippen LogP contribution is -2.61. The zero-order valence-corrected chi connectivity index (χ0v) is 36.0. The molecule has 0 aromatic rings. The number of ether oxygens (including phenoxy) is 6. The molecule has 11 atom stereocenters. The van der Waals surface area contributed by atoms with Gasteiger partial charge >= 0.3 is 11.9 Å². The van der Waals surface area contributed by atoms with E-state index in [1.807, 2.05) is 0 Å². The summed E-state index contributed by atoms with van der Waals surface area (Å²) in [6.45, 7) is 2.47. The summed E-state index contributed by atoms with van der Waals surface area (Å²) in [5, 5.41) is 71.6. The average Bonchev–Trinajstić information content (AvgIpc) is 3.23. The van der Waals surface area contributed by atoms with E-state index in [2.05, 4.69) is 26.0 Å². The highest BCUT2D eigenvalue weighted by molar-refractivity contribution is 5.70. The molecule has 0 aliphatic carbocycles. The van der Waals surface area contributed by atoms with Crippen LogP contribution in [0.3, 0.4) is 0 Å². The second kappa shape index (κ2) is 32.9. The van der Waals surface area contributed by atoms with E-state index in [1.54, 1.807) is 0 Å². The van der Waals surface area contributed by atoms with Crippen molar-refractivity contribution in [2.75, 3.05) is 26.4 Å². The Hall–Kier alpha value is -1.76. The van der Waals surface area contributed by atoms with Gasteiger partial charge < -0.3 is 64.2 Å². The summed E-state index contributed by atoms with van der Waals surface area (Å²) >= 11 is 0. The highest BCUT2D eigenvalue weighted by atomic mass is 16.7. The summed E-state index contributed by atoms with van der Waals surface area (Å²) in [6.07, 6.45) is 11.7. The molecule has 0 saturated carbocycles. The molecule has 0 aromatic carbocycles. The van der Waals surface area contributed by atoms with Crippen molar-refractivity contribution in [3.8, 4) is 0 Å². The number of aliphatic hydroxyl groups is 7. The maximum Gasteiger partial charge on any atom is 0.306 e. The first-order chi connectivity index (χ1) is 28.5. The Kier molecular flexibility index (Phi) is 29.8. The van der Waals surface area contributed by atoms with Crippen molar-refractivity contribution in [3.05, 3.63) is 12.2 Å². The third-order valence-electron chi connectivity index (χ3n) is 11.0. The quantitative estimate of drug-likeness (QED) is 0.0266. The molecule has 0 amide bonds. The number of rotatable bonds is 34. The summed E-state index contributed by atoms with van der Waals surface area (Å²) in [4.78, 5) is 25.4. The maximum atomic E-state index is 12.9. The molecule has 11 unspecified atom stereocenters. The number of aliphatic hydroxyl groups excluding tert-OH is 7. The van der Waals surface area contributed by atoms with Crippen LogP contribution >= 0.6 is 0 Å². The Balaban J connectivity index is 1.78. The van der Waals surface area contributed by atoms with Crippen LogP contribution in [0.2, 0.25) is 0 Å². The molecule has 346 valence electrons. The Morgan fingerprint density at radius 3 is 1.49 bits per heavy atom. The van der Waals surface area contributed by atoms with Crippen molar-refractivity contribution in [2.24, 2.45) is 0 Å². The molecule has 2 saturated heterocycles. The smallest absolute Gasteiger partial charge is 0.306 e. The molecule has 0 radical (unpaired) electrons. The standard InChI is InChI=1S/C44H80O15/c1-3-5-7-9-10-11-12-13-14-15-16-17-18-19-20-21-23-25-27-36(47)57-32(29-54-35(46)26-24-22-8-6-4-2)30-55-43-42(53)40(51)38(49)34(59-43)31-56-44-41(52)39(50)37(48)33(28-45)58-44/h14-15,32-34,37-45,48-53H,3-13,16-31H2,1-2H3/b15-14-. The highest BCUT2D eigenvalue weighted by Gasteiger charge is 2.47. The Bertz CT molecular complexity index is 1090. The monoisotopic (exact) mass is 849 g/mol. The molecule has 0 bridgehead atoms. The third kappa shape index (κ3) is 22.2. The lowest BCUT2D eigenvalue weighted by Gasteiger charge is -2.42. The van der Waals surface area contributed by atoms with E-state index in [0.29, 0.717) is 12.8 Å². The number of unbranched alkanes of at least 4 members (excludes halogenated alkanes) is 18. The van der Waals surface area contributed by atoms with Gasteiger partial charge in [0.05, 0.1) is 19.8 Å². The first-order valence-electron chi connectivity index (χ1n) is 22.8. The van der Waals surface area contributed by atoms with Gasteiger partial charge in [0, 0.05) is 12.8 Å².